The lowest BCUT2D eigenvalue weighted by molar-refractivity contribution is 0.768. The van der Waals surface area contributed by atoms with Crippen molar-refractivity contribution in [2.45, 2.75) is 0 Å². The fourth-order valence-electron chi connectivity index (χ4n) is 4.66. The molecule has 0 fully saturated rings. The molecule has 0 atom stereocenters. The van der Waals surface area contributed by atoms with Crippen LogP contribution in [0.3, 0.4) is 0 Å². The molecule has 10 nitrogen and oxygen atoms in total. The van der Waals surface area contributed by atoms with E-state index >= 15 is 0 Å². The van der Waals surface area contributed by atoms with Gasteiger partial charge in [0.1, 0.15) is 5.69 Å². The second kappa shape index (κ2) is 7.30. The molecule has 0 saturated heterocycles. The van der Waals surface area contributed by atoms with Crippen molar-refractivity contribution in [1.82, 2.24) is 38.0 Å². The van der Waals surface area contributed by atoms with Gasteiger partial charge in [0.2, 0.25) is 0 Å². The van der Waals surface area contributed by atoms with Crippen LogP contribution in [0.5, 0.6) is 0 Å². The monoisotopic (exact) mass is 463 g/mol. The van der Waals surface area contributed by atoms with Crippen LogP contribution in [-0.4, -0.2) is 38.0 Å². The molecule has 0 N–H and O–H groups in total. The molecule has 0 saturated carbocycles. The van der Waals surface area contributed by atoms with Crippen LogP contribution in [0.15, 0.2) is 60.0 Å². The Morgan fingerprint density at radius 3 is 2.43 bits per heavy atom. The van der Waals surface area contributed by atoms with Crippen LogP contribution in [0, 0.1) is 11.3 Å². The first-order valence-corrected chi connectivity index (χ1v) is 11.0. The van der Waals surface area contributed by atoms with Crippen molar-refractivity contribution in [2.24, 2.45) is 28.2 Å². The van der Waals surface area contributed by atoms with Gasteiger partial charge in [-0.15, -0.1) is 0 Å². The number of fused-ring (bicyclic) bond motifs is 2. The number of benzene rings is 2. The summed E-state index contributed by atoms with van der Waals surface area (Å²) >= 11 is 0. The minimum Gasteiger partial charge on any atom is -0.331 e. The molecule has 0 amide bonds. The van der Waals surface area contributed by atoms with E-state index in [1.54, 1.807) is 46.6 Å². The minimum atomic E-state index is -0.0904. The summed E-state index contributed by atoms with van der Waals surface area (Å²) in [5.74, 6) is 0.688. The second-order valence-electron chi connectivity index (χ2n) is 8.64. The van der Waals surface area contributed by atoms with E-state index in [1.165, 1.54) is 0 Å². The van der Waals surface area contributed by atoms with Crippen LogP contribution in [0.4, 0.5) is 0 Å². The van der Waals surface area contributed by atoms with E-state index in [1.807, 2.05) is 59.8 Å². The Morgan fingerprint density at radius 1 is 0.943 bits per heavy atom. The van der Waals surface area contributed by atoms with Crippen LogP contribution >= 0.6 is 0 Å². The summed E-state index contributed by atoms with van der Waals surface area (Å²) in [6.45, 7) is 0. The van der Waals surface area contributed by atoms with E-state index in [0.717, 1.165) is 44.6 Å². The highest BCUT2D eigenvalue weighted by Crippen LogP contribution is 2.34. The first-order valence-electron chi connectivity index (χ1n) is 11.0. The van der Waals surface area contributed by atoms with E-state index in [4.69, 9.17) is 4.98 Å². The third kappa shape index (κ3) is 2.95. The fourth-order valence-corrected chi connectivity index (χ4v) is 4.66. The highest BCUT2D eigenvalue weighted by atomic mass is 16.1. The zero-order valence-corrected chi connectivity index (χ0v) is 19.6. The van der Waals surface area contributed by atoms with E-state index < -0.39 is 0 Å². The van der Waals surface area contributed by atoms with Crippen LogP contribution in [-0.2, 0) is 28.2 Å². The molecule has 0 aliphatic rings. The molecule has 35 heavy (non-hydrogen) atoms. The first kappa shape index (κ1) is 20.7. The van der Waals surface area contributed by atoms with Crippen molar-refractivity contribution in [3.05, 3.63) is 71.3 Å². The third-order valence-electron chi connectivity index (χ3n) is 6.49. The molecule has 4 heterocycles. The molecule has 0 aliphatic carbocycles. The van der Waals surface area contributed by atoms with Crippen LogP contribution in [0.2, 0.25) is 0 Å². The summed E-state index contributed by atoms with van der Waals surface area (Å²) in [6.07, 6.45) is 7.11. The molecule has 0 bridgehead atoms. The number of nitrogens with zero attached hydrogens (tertiary/aromatic N) is 9. The van der Waals surface area contributed by atoms with Gasteiger partial charge in [-0.05, 0) is 30.3 Å². The molecule has 6 rings (SSSR count). The molecule has 2 aromatic carbocycles. The summed E-state index contributed by atoms with van der Waals surface area (Å²) in [4.78, 5) is 21.8. The molecule has 10 heteroatoms. The summed E-state index contributed by atoms with van der Waals surface area (Å²) in [5, 5.41) is 14.2. The lowest BCUT2D eigenvalue weighted by Crippen LogP contribution is -2.19. The molecule has 0 spiro atoms. The molecule has 4 aromatic heterocycles. The SMILES string of the molecule is Cn1cc(-c2cc3nc(-c4cncn4C)n(-c4ccc5c(c4)n(C)c(=O)n5C)c3cc2C#N)cn1. The normalized spacial score (nSPS) is 11.5. The van der Waals surface area contributed by atoms with Gasteiger partial charge in [0.05, 0.1) is 52.4 Å². The summed E-state index contributed by atoms with van der Waals surface area (Å²) in [5.41, 5.74) is 6.87. The van der Waals surface area contributed by atoms with Crippen molar-refractivity contribution in [1.29, 1.82) is 5.26 Å². The van der Waals surface area contributed by atoms with Crippen LogP contribution < -0.4 is 5.69 Å². The van der Waals surface area contributed by atoms with Crippen molar-refractivity contribution in [3.8, 4) is 34.4 Å². The molecule has 0 radical (unpaired) electrons. The number of hydrogen-bond acceptors (Lipinski definition) is 5. The van der Waals surface area contributed by atoms with Gasteiger partial charge in [-0.1, -0.05) is 0 Å². The largest absolute Gasteiger partial charge is 0.331 e. The lowest BCUT2D eigenvalue weighted by atomic mass is 10.0. The Bertz CT molecular complexity index is 1880. The summed E-state index contributed by atoms with van der Waals surface area (Å²) in [7, 11) is 7.28. The Morgan fingerprint density at radius 2 is 1.74 bits per heavy atom. The van der Waals surface area contributed by atoms with E-state index in [-0.39, 0.29) is 5.69 Å². The number of nitriles is 1. The van der Waals surface area contributed by atoms with Gasteiger partial charge in [-0.3, -0.25) is 18.4 Å². The predicted octanol–water partition coefficient (Wildman–Crippen LogP) is 2.89. The standard InChI is InChI=1S/C25H21N9O/c1-30-14-27-12-23(30)24-29-19-9-18(16-11-28-31(2)13-16)15(10-26)7-21(19)34(24)17-5-6-20-22(8-17)33(4)25(35)32(20)3/h5-9,11-14H,1-4H3. The molecular weight excluding hydrogens is 442 g/mol. The summed E-state index contributed by atoms with van der Waals surface area (Å²) in [6, 6.07) is 12.0. The van der Waals surface area contributed by atoms with Gasteiger partial charge < -0.3 is 4.57 Å². The Kier molecular flexibility index (Phi) is 4.31. The Labute approximate surface area is 199 Å². The minimum absolute atomic E-state index is 0.0904. The third-order valence-corrected chi connectivity index (χ3v) is 6.49. The summed E-state index contributed by atoms with van der Waals surface area (Å²) < 4.78 is 8.88. The number of aryl methyl sites for hydroxylation is 4. The fraction of sp³-hybridized carbons (Fsp3) is 0.160. The zero-order valence-electron chi connectivity index (χ0n) is 19.6. The first-order chi connectivity index (χ1) is 16.9. The average molecular weight is 464 g/mol. The Balaban J connectivity index is 1.70. The van der Waals surface area contributed by atoms with Crippen LogP contribution in [0.1, 0.15) is 5.56 Å². The number of hydrogen-bond donors (Lipinski definition) is 0. The van der Waals surface area contributed by atoms with Crippen molar-refractivity contribution < 1.29 is 0 Å². The van der Waals surface area contributed by atoms with E-state index in [0.29, 0.717) is 11.4 Å². The molecule has 0 unspecified atom stereocenters. The van der Waals surface area contributed by atoms with E-state index in [2.05, 4.69) is 16.2 Å². The van der Waals surface area contributed by atoms with Gasteiger partial charge >= 0.3 is 5.69 Å². The smallest absolute Gasteiger partial charge is 0.328 e. The molecule has 172 valence electrons. The van der Waals surface area contributed by atoms with Gasteiger partial charge in [0.15, 0.2) is 5.82 Å². The zero-order chi connectivity index (χ0) is 24.4. The Hall–Kier alpha value is -4.91. The maximum atomic E-state index is 12.5. The number of rotatable bonds is 3. The number of aromatic nitrogens is 8. The maximum Gasteiger partial charge on any atom is 0.328 e. The van der Waals surface area contributed by atoms with Crippen molar-refractivity contribution in [3.63, 3.8) is 0 Å². The number of imidazole rings is 3. The molecule has 0 aliphatic heterocycles. The van der Waals surface area contributed by atoms with E-state index in [9.17, 15) is 10.1 Å². The average Bonchev–Trinajstić information content (AvgIpc) is 3.61. The predicted molar refractivity (Wildman–Crippen MR) is 132 cm³/mol. The van der Waals surface area contributed by atoms with Crippen LogP contribution in [0.25, 0.3) is 50.4 Å². The van der Waals surface area contributed by atoms with Crippen molar-refractivity contribution in [2.75, 3.05) is 0 Å². The lowest BCUT2D eigenvalue weighted by Gasteiger charge is -2.11. The van der Waals surface area contributed by atoms with Gasteiger partial charge in [0, 0.05) is 51.2 Å². The van der Waals surface area contributed by atoms with Crippen molar-refractivity contribution >= 4 is 22.1 Å². The topological polar surface area (TPSA) is 104 Å². The van der Waals surface area contributed by atoms with Gasteiger partial charge in [-0.2, -0.15) is 10.4 Å². The quantitative estimate of drug-likeness (QED) is 0.401. The van der Waals surface area contributed by atoms with Gasteiger partial charge in [0.25, 0.3) is 0 Å². The second-order valence-corrected chi connectivity index (χ2v) is 8.64. The molecular formula is C25H21N9O. The van der Waals surface area contributed by atoms with Gasteiger partial charge in [-0.25, -0.2) is 14.8 Å². The maximum absolute atomic E-state index is 12.5. The molecule has 6 aromatic rings. The highest BCUT2D eigenvalue weighted by Gasteiger charge is 2.21. The highest BCUT2D eigenvalue weighted by molar-refractivity contribution is 5.90.